The summed E-state index contributed by atoms with van der Waals surface area (Å²) >= 11 is 0. The summed E-state index contributed by atoms with van der Waals surface area (Å²) in [7, 11) is 0. The molecule has 1 N–H and O–H groups in total. The van der Waals surface area contributed by atoms with E-state index in [9.17, 15) is 9.18 Å². The third kappa shape index (κ3) is 4.41. The number of carbonyl (C=O) groups excluding carboxylic acids is 1. The molecule has 6 nitrogen and oxygen atoms in total. The minimum Gasteiger partial charge on any atom is -0.494 e. The zero-order chi connectivity index (χ0) is 23.5. The van der Waals surface area contributed by atoms with Crippen molar-refractivity contribution in [2.75, 3.05) is 6.61 Å². The average Bonchev–Trinajstić information content (AvgIpc) is 3.42. The van der Waals surface area contributed by atoms with Gasteiger partial charge in [-0.15, -0.1) is 0 Å². The van der Waals surface area contributed by atoms with Gasteiger partial charge in [-0.2, -0.15) is 5.10 Å². The van der Waals surface area contributed by atoms with Crippen molar-refractivity contribution in [3.05, 3.63) is 102 Å². The standard InChI is InChI=1S/C27H22FN3O3/c1-2-33-22-11-12-25-19(13-22)14-26(34-25)27(32)30-29-15-20-17-31(24-6-4-3-5-23(20)24)16-18-7-9-21(28)10-8-18/h3-15,17H,2,16H2,1H3,(H,30,32)/b29-15+. The highest BCUT2D eigenvalue weighted by atomic mass is 19.1. The first kappa shape index (κ1) is 21.5. The summed E-state index contributed by atoms with van der Waals surface area (Å²) in [5.41, 5.74) is 5.98. The van der Waals surface area contributed by atoms with Gasteiger partial charge in [-0.1, -0.05) is 30.3 Å². The number of fused-ring (bicyclic) bond motifs is 2. The van der Waals surface area contributed by atoms with Crippen LogP contribution in [0.2, 0.25) is 0 Å². The zero-order valence-corrected chi connectivity index (χ0v) is 18.5. The van der Waals surface area contributed by atoms with E-state index in [1.54, 1.807) is 36.5 Å². The van der Waals surface area contributed by atoms with E-state index in [0.29, 0.717) is 18.7 Å². The fraction of sp³-hybridized carbons (Fsp3) is 0.111. The van der Waals surface area contributed by atoms with Crippen LogP contribution >= 0.6 is 0 Å². The van der Waals surface area contributed by atoms with E-state index in [-0.39, 0.29) is 11.6 Å². The van der Waals surface area contributed by atoms with Gasteiger partial charge in [-0.25, -0.2) is 9.82 Å². The molecule has 0 bridgehead atoms. The maximum absolute atomic E-state index is 13.2. The Kier molecular flexibility index (Phi) is 5.82. The molecule has 0 saturated heterocycles. The van der Waals surface area contributed by atoms with Crippen molar-refractivity contribution >= 4 is 34.0 Å². The minimum absolute atomic E-state index is 0.166. The third-order valence-corrected chi connectivity index (χ3v) is 5.48. The van der Waals surface area contributed by atoms with Crippen molar-refractivity contribution in [2.45, 2.75) is 13.5 Å². The molecule has 2 heterocycles. The van der Waals surface area contributed by atoms with Crippen molar-refractivity contribution in [3.8, 4) is 5.75 Å². The molecule has 0 radical (unpaired) electrons. The van der Waals surface area contributed by atoms with Gasteiger partial charge in [0, 0.05) is 34.6 Å². The van der Waals surface area contributed by atoms with Crippen LogP contribution in [0.15, 0.2) is 88.5 Å². The summed E-state index contributed by atoms with van der Waals surface area (Å²) in [4.78, 5) is 12.6. The molecule has 0 unspecified atom stereocenters. The van der Waals surface area contributed by atoms with Gasteiger partial charge in [0.1, 0.15) is 17.1 Å². The Hall–Kier alpha value is -4.39. The minimum atomic E-state index is -0.444. The molecule has 170 valence electrons. The molecule has 0 atom stereocenters. The summed E-state index contributed by atoms with van der Waals surface area (Å²) in [6.07, 6.45) is 3.57. The number of rotatable bonds is 7. The van der Waals surface area contributed by atoms with Crippen molar-refractivity contribution in [1.82, 2.24) is 9.99 Å². The number of halogens is 1. The lowest BCUT2D eigenvalue weighted by Gasteiger charge is -2.05. The van der Waals surface area contributed by atoms with Crippen LogP contribution in [0.4, 0.5) is 4.39 Å². The largest absolute Gasteiger partial charge is 0.494 e. The average molecular weight is 455 g/mol. The SMILES string of the molecule is CCOc1ccc2oc(C(=O)N/N=C/c3cn(Cc4ccc(F)cc4)c4ccccc34)cc2c1. The van der Waals surface area contributed by atoms with Crippen molar-refractivity contribution in [3.63, 3.8) is 0 Å². The number of furan rings is 1. The van der Waals surface area contributed by atoms with Crippen LogP contribution in [-0.2, 0) is 6.54 Å². The fourth-order valence-electron chi connectivity index (χ4n) is 3.90. The number of hydrogen-bond acceptors (Lipinski definition) is 4. The van der Waals surface area contributed by atoms with E-state index in [1.807, 2.05) is 43.5 Å². The zero-order valence-electron chi connectivity index (χ0n) is 18.5. The third-order valence-electron chi connectivity index (χ3n) is 5.48. The Morgan fingerprint density at radius 1 is 1.12 bits per heavy atom. The van der Waals surface area contributed by atoms with Crippen LogP contribution in [0.5, 0.6) is 5.75 Å². The summed E-state index contributed by atoms with van der Waals surface area (Å²) in [5, 5.41) is 5.92. The van der Waals surface area contributed by atoms with E-state index >= 15 is 0 Å². The predicted octanol–water partition coefficient (Wildman–Crippen LogP) is 5.74. The van der Waals surface area contributed by atoms with Gasteiger partial charge in [0.05, 0.1) is 12.8 Å². The maximum atomic E-state index is 13.2. The maximum Gasteiger partial charge on any atom is 0.307 e. The van der Waals surface area contributed by atoms with Crippen LogP contribution in [0.25, 0.3) is 21.9 Å². The number of nitrogens with one attached hydrogen (secondary N) is 1. The number of carbonyl (C=O) groups is 1. The molecular weight excluding hydrogens is 433 g/mol. The number of aromatic nitrogens is 1. The number of benzene rings is 3. The Balaban J connectivity index is 1.34. The normalized spacial score (nSPS) is 11.5. The molecule has 0 fully saturated rings. The second kappa shape index (κ2) is 9.23. The highest BCUT2D eigenvalue weighted by molar-refractivity contribution is 6.01. The molecular formula is C27H22FN3O3. The Morgan fingerprint density at radius 3 is 2.76 bits per heavy atom. The van der Waals surface area contributed by atoms with Gasteiger partial charge in [-0.05, 0) is 55.0 Å². The van der Waals surface area contributed by atoms with Gasteiger partial charge in [0.25, 0.3) is 0 Å². The molecule has 0 saturated carbocycles. The van der Waals surface area contributed by atoms with Crippen LogP contribution in [0, 0.1) is 5.82 Å². The molecule has 5 aromatic rings. The quantitative estimate of drug-likeness (QED) is 0.251. The van der Waals surface area contributed by atoms with E-state index in [0.717, 1.165) is 33.2 Å². The van der Waals surface area contributed by atoms with Gasteiger partial charge in [-0.3, -0.25) is 4.79 Å². The topological polar surface area (TPSA) is 68.8 Å². The molecule has 0 aliphatic rings. The highest BCUT2D eigenvalue weighted by Crippen LogP contribution is 2.25. The van der Waals surface area contributed by atoms with Crippen molar-refractivity contribution < 1.29 is 18.3 Å². The first-order chi connectivity index (χ1) is 16.6. The lowest BCUT2D eigenvalue weighted by atomic mass is 10.2. The number of nitrogens with zero attached hydrogens (tertiary/aromatic N) is 2. The number of hydrazone groups is 1. The van der Waals surface area contributed by atoms with E-state index in [4.69, 9.17) is 9.15 Å². The molecule has 2 aromatic heterocycles. The molecule has 0 spiro atoms. The van der Waals surface area contributed by atoms with Gasteiger partial charge >= 0.3 is 5.91 Å². The second-order valence-electron chi connectivity index (χ2n) is 7.80. The van der Waals surface area contributed by atoms with Crippen LogP contribution in [0.3, 0.4) is 0 Å². The molecule has 34 heavy (non-hydrogen) atoms. The van der Waals surface area contributed by atoms with E-state index in [2.05, 4.69) is 15.1 Å². The van der Waals surface area contributed by atoms with Crippen LogP contribution < -0.4 is 10.2 Å². The first-order valence-electron chi connectivity index (χ1n) is 10.9. The van der Waals surface area contributed by atoms with Crippen LogP contribution in [-0.4, -0.2) is 23.3 Å². The number of amides is 1. The van der Waals surface area contributed by atoms with Gasteiger partial charge in [0.15, 0.2) is 5.76 Å². The summed E-state index contributed by atoms with van der Waals surface area (Å²) in [6, 6.07) is 21.4. The Bertz CT molecular complexity index is 1500. The Morgan fingerprint density at radius 2 is 1.94 bits per heavy atom. The predicted molar refractivity (Wildman–Crippen MR) is 130 cm³/mol. The number of para-hydroxylation sites is 1. The summed E-state index contributed by atoms with van der Waals surface area (Å²) in [6.45, 7) is 3.06. The lowest BCUT2D eigenvalue weighted by molar-refractivity contribution is 0.0929. The number of ether oxygens (including phenoxy) is 1. The molecule has 7 heteroatoms. The molecule has 0 aliphatic carbocycles. The highest BCUT2D eigenvalue weighted by Gasteiger charge is 2.13. The van der Waals surface area contributed by atoms with Crippen LogP contribution in [0.1, 0.15) is 28.6 Å². The van der Waals surface area contributed by atoms with Crippen molar-refractivity contribution in [1.29, 1.82) is 0 Å². The first-order valence-corrected chi connectivity index (χ1v) is 10.9. The molecule has 5 rings (SSSR count). The van der Waals surface area contributed by atoms with Gasteiger partial charge in [0.2, 0.25) is 0 Å². The van der Waals surface area contributed by atoms with Crippen molar-refractivity contribution in [2.24, 2.45) is 5.10 Å². The molecule has 1 amide bonds. The molecule has 3 aromatic carbocycles. The summed E-state index contributed by atoms with van der Waals surface area (Å²) < 4.78 is 26.5. The summed E-state index contributed by atoms with van der Waals surface area (Å²) in [5.74, 6) is 0.182. The lowest BCUT2D eigenvalue weighted by Crippen LogP contribution is -2.16. The fourth-order valence-corrected chi connectivity index (χ4v) is 3.90. The van der Waals surface area contributed by atoms with E-state index < -0.39 is 5.91 Å². The monoisotopic (exact) mass is 455 g/mol. The second-order valence-corrected chi connectivity index (χ2v) is 7.80. The van der Waals surface area contributed by atoms with Gasteiger partial charge < -0.3 is 13.7 Å². The molecule has 0 aliphatic heterocycles. The number of hydrogen-bond donors (Lipinski definition) is 1. The van der Waals surface area contributed by atoms with E-state index in [1.165, 1.54) is 12.1 Å². The Labute approximate surface area is 195 Å². The smallest absolute Gasteiger partial charge is 0.307 e.